The van der Waals surface area contributed by atoms with Crippen LogP contribution in [0.1, 0.15) is 22.3 Å². The van der Waals surface area contributed by atoms with Crippen LogP contribution in [0.25, 0.3) is 11.0 Å². The van der Waals surface area contributed by atoms with Crippen molar-refractivity contribution in [3.8, 4) is 0 Å². The molecule has 1 aromatic carbocycles. The summed E-state index contributed by atoms with van der Waals surface area (Å²) >= 11 is 0. The van der Waals surface area contributed by atoms with Gasteiger partial charge in [0.25, 0.3) is 0 Å². The Labute approximate surface area is 125 Å². The minimum Gasteiger partial charge on any atom is -0.330 e. The second-order valence-electron chi connectivity index (χ2n) is 5.57. The number of benzene rings is 1. The third-order valence-electron chi connectivity index (χ3n) is 4.10. The van der Waals surface area contributed by atoms with Gasteiger partial charge in [-0.2, -0.15) is 0 Å². The largest absolute Gasteiger partial charge is 0.330 e. The molecule has 2 aromatic heterocycles. The topological polar surface area (TPSA) is 43.8 Å². The number of rotatable bonds is 4. The molecule has 0 fully saturated rings. The molecule has 0 saturated heterocycles. The van der Waals surface area contributed by atoms with Gasteiger partial charge in [-0.05, 0) is 61.2 Å². The summed E-state index contributed by atoms with van der Waals surface area (Å²) in [6.07, 6.45) is 4.95. The van der Waals surface area contributed by atoms with Gasteiger partial charge >= 0.3 is 0 Å². The van der Waals surface area contributed by atoms with E-state index in [1.165, 1.54) is 27.6 Å². The number of nitrogens with two attached hydrogens (primary N) is 1. The van der Waals surface area contributed by atoms with Crippen LogP contribution in [0.4, 0.5) is 0 Å². The first kappa shape index (κ1) is 13.8. The molecule has 0 aliphatic heterocycles. The fraction of sp³-hybridized carbons (Fsp3) is 0.278. The molecule has 0 aliphatic carbocycles. The van der Waals surface area contributed by atoms with Gasteiger partial charge in [-0.15, -0.1) is 0 Å². The van der Waals surface area contributed by atoms with Crippen LogP contribution in [-0.4, -0.2) is 16.1 Å². The summed E-state index contributed by atoms with van der Waals surface area (Å²) < 4.78 is 2.25. The van der Waals surface area contributed by atoms with Crippen molar-refractivity contribution in [3.63, 3.8) is 0 Å². The van der Waals surface area contributed by atoms with Gasteiger partial charge in [0, 0.05) is 24.3 Å². The van der Waals surface area contributed by atoms with Crippen LogP contribution in [0.2, 0.25) is 0 Å². The average Bonchev–Trinajstić information content (AvgIpc) is 2.82. The molecule has 2 N–H and O–H groups in total. The third kappa shape index (κ3) is 2.57. The Morgan fingerprint density at radius 2 is 1.86 bits per heavy atom. The van der Waals surface area contributed by atoms with Crippen molar-refractivity contribution in [2.45, 2.75) is 26.8 Å². The Balaban J connectivity index is 2.09. The summed E-state index contributed by atoms with van der Waals surface area (Å²) in [5, 5.41) is 1.22. The van der Waals surface area contributed by atoms with Crippen molar-refractivity contribution in [2.24, 2.45) is 5.73 Å². The van der Waals surface area contributed by atoms with Crippen molar-refractivity contribution in [2.75, 3.05) is 6.54 Å². The fourth-order valence-corrected chi connectivity index (χ4v) is 2.94. The second-order valence-corrected chi connectivity index (χ2v) is 5.57. The zero-order valence-corrected chi connectivity index (χ0v) is 12.6. The molecule has 0 radical (unpaired) electrons. The van der Waals surface area contributed by atoms with E-state index in [4.69, 9.17) is 5.73 Å². The summed E-state index contributed by atoms with van der Waals surface area (Å²) in [7, 11) is 0. The number of aromatic nitrogens is 2. The van der Waals surface area contributed by atoms with Crippen LogP contribution in [0.15, 0.2) is 42.7 Å². The van der Waals surface area contributed by atoms with Crippen LogP contribution in [0, 0.1) is 13.8 Å². The van der Waals surface area contributed by atoms with E-state index < -0.39 is 0 Å². The lowest BCUT2D eigenvalue weighted by Crippen LogP contribution is -2.04. The molecule has 3 aromatic rings. The van der Waals surface area contributed by atoms with Gasteiger partial charge in [0.2, 0.25) is 0 Å². The summed E-state index contributed by atoms with van der Waals surface area (Å²) in [5.41, 5.74) is 12.1. The zero-order valence-electron chi connectivity index (χ0n) is 12.6. The quantitative estimate of drug-likeness (QED) is 0.797. The highest BCUT2D eigenvalue weighted by molar-refractivity contribution is 5.80. The van der Waals surface area contributed by atoms with E-state index in [-0.39, 0.29) is 0 Å². The van der Waals surface area contributed by atoms with E-state index in [1.54, 1.807) is 0 Å². The highest BCUT2D eigenvalue weighted by Gasteiger charge is 2.11. The summed E-state index contributed by atoms with van der Waals surface area (Å²) in [4.78, 5) is 4.56. The molecule has 0 spiro atoms. The molecule has 0 unspecified atom stereocenters. The maximum Gasteiger partial charge on any atom is 0.140 e. The summed E-state index contributed by atoms with van der Waals surface area (Å²) in [5.74, 6) is 0. The highest BCUT2D eigenvalue weighted by atomic mass is 15.0. The lowest BCUT2D eigenvalue weighted by molar-refractivity contribution is 0.806. The minimum atomic E-state index is 0.664. The van der Waals surface area contributed by atoms with E-state index >= 15 is 0 Å². The van der Waals surface area contributed by atoms with Gasteiger partial charge in [-0.1, -0.05) is 18.2 Å². The first-order valence-electron chi connectivity index (χ1n) is 7.38. The predicted molar refractivity (Wildman–Crippen MR) is 87.5 cm³/mol. The molecule has 3 nitrogen and oxygen atoms in total. The summed E-state index contributed by atoms with van der Waals surface area (Å²) in [6.45, 7) is 5.86. The van der Waals surface area contributed by atoms with Crippen LogP contribution in [0.5, 0.6) is 0 Å². The molecular formula is C18H21N3. The highest BCUT2D eigenvalue weighted by Crippen LogP contribution is 2.23. The first-order valence-corrected chi connectivity index (χ1v) is 7.38. The van der Waals surface area contributed by atoms with E-state index in [1.807, 2.05) is 12.3 Å². The Morgan fingerprint density at radius 3 is 2.57 bits per heavy atom. The van der Waals surface area contributed by atoms with Gasteiger partial charge in [-0.25, -0.2) is 4.98 Å². The molecule has 0 bridgehead atoms. The number of pyridine rings is 1. The molecule has 0 aliphatic rings. The second kappa shape index (κ2) is 5.70. The average molecular weight is 279 g/mol. The molecule has 3 heteroatoms. The SMILES string of the molecule is Cc1cccc(C)c1Cn1cc(CCN)c2cccnc21. The van der Waals surface area contributed by atoms with E-state index in [0.29, 0.717) is 6.54 Å². The van der Waals surface area contributed by atoms with Crippen LogP contribution in [-0.2, 0) is 13.0 Å². The minimum absolute atomic E-state index is 0.664. The van der Waals surface area contributed by atoms with Gasteiger partial charge in [0.1, 0.15) is 5.65 Å². The maximum absolute atomic E-state index is 5.73. The smallest absolute Gasteiger partial charge is 0.140 e. The first-order chi connectivity index (χ1) is 10.2. The van der Waals surface area contributed by atoms with Crippen LogP contribution in [0.3, 0.4) is 0 Å². The number of fused-ring (bicyclic) bond motifs is 1. The number of nitrogens with zero attached hydrogens (tertiary/aromatic N) is 2. The molecular weight excluding hydrogens is 258 g/mol. The number of aryl methyl sites for hydroxylation is 2. The molecule has 0 saturated carbocycles. The van der Waals surface area contributed by atoms with Crippen molar-refractivity contribution >= 4 is 11.0 Å². The van der Waals surface area contributed by atoms with Gasteiger partial charge in [-0.3, -0.25) is 0 Å². The van der Waals surface area contributed by atoms with E-state index in [0.717, 1.165) is 18.6 Å². The molecule has 108 valence electrons. The lowest BCUT2D eigenvalue weighted by atomic mass is 10.0. The third-order valence-corrected chi connectivity index (χ3v) is 4.10. The van der Waals surface area contributed by atoms with Gasteiger partial charge < -0.3 is 10.3 Å². The Kier molecular flexibility index (Phi) is 3.76. The number of hydrogen-bond donors (Lipinski definition) is 1. The van der Waals surface area contributed by atoms with E-state index in [9.17, 15) is 0 Å². The monoisotopic (exact) mass is 279 g/mol. The molecule has 2 heterocycles. The van der Waals surface area contributed by atoms with Crippen molar-refractivity contribution in [3.05, 3.63) is 65.0 Å². The van der Waals surface area contributed by atoms with Gasteiger partial charge in [0.05, 0.1) is 0 Å². The van der Waals surface area contributed by atoms with Crippen molar-refractivity contribution < 1.29 is 0 Å². The number of hydrogen-bond acceptors (Lipinski definition) is 2. The standard InChI is InChI=1S/C18H21N3/c1-13-5-3-6-14(2)17(13)12-21-11-15(8-9-19)16-7-4-10-20-18(16)21/h3-7,10-11H,8-9,12,19H2,1-2H3. The summed E-state index contributed by atoms with van der Waals surface area (Å²) in [6, 6.07) is 10.6. The van der Waals surface area contributed by atoms with Crippen molar-refractivity contribution in [1.29, 1.82) is 0 Å². The molecule has 21 heavy (non-hydrogen) atoms. The molecule has 0 atom stereocenters. The predicted octanol–water partition coefficient (Wildman–Crippen LogP) is 3.20. The Hall–Kier alpha value is -2.13. The lowest BCUT2D eigenvalue weighted by Gasteiger charge is -2.11. The van der Waals surface area contributed by atoms with Crippen LogP contribution < -0.4 is 5.73 Å². The maximum atomic E-state index is 5.73. The fourth-order valence-electron chi connectivity index (χ4n) is 2.94. The van der Waals surface area contributed by atoms with Gasteiger partial charge in [0.15, 0.2) is 0 Å². The molecule has 3 rings (SSSR count). The molecule has 0 amide bonds. The van der Waals surface area contributed by atoms with Crippen molar-refractivity contribution in [1.82, 2.24) is 9.55 Å². The van der Waals surface area contributed by atoms with E-state index in [2.05, 4.69) is 53.9 Å². The Bertz CT molecular complexity index is 751. The Morgan fingerprint density at radius 1 is 1.10 bits per heavy atom. The zero-order chi connectivity index (χ0) is 14.8. The van der Waals surface area contributed by atoms with Crippen LogP contribution >= 0.6 is 0 Å². The normalized spacial score (nSPS) is 11.2.